The number of ketones is 1. The molecular formula is C21H16Cl2F3NO2S. The van der Waals surface area contributed by atoms with E-state index in [1.807, 2.05) is 0 Å². The number of nitrogens with one attached hydrogen (secondary N) is 1. The summed E-state index contributed by atoms with van der Waals surface area (Å²) in [5, 5.41) is 2.92. The van der Waals surface area contributed by atoms with Gasteiger partial charge in [0.15, 0.2) is 5.78 Å². The van der Waals surface area contributed by atoms with Crippen LogP contribution in [0.2, 0.25) is 10.0 Å². The molecule has 0 atom stereocenters. The van der Waals surface area contributed by atoms with E-state index in [4.69, 9.17) is 23.2 Å². The highest BCUT2D eigenvalue weighted by Gasteiger charge is 2.35. The summed E-state index contributed by atoms with van der Waals surface area (Å²) in [6, 6.07) is 7.80. The number of allylic oxidation sites excluding steroid dienone is 2. The summed E-state index contributed by atoms with van der Waals surface area (Å²) in [6.45, 7) is 1.63. The lowest BCUT2D eigenvalue weighted by Gasteiger charge is -2.26. The summed E-state index contributed by atoms with van der Waals surface area (Å²) in [5.74, 6) is 0.584. The molecule has 30 heavy (non-hydrogen) atoms. The number of alkyl halides is 3. The molecule has 3 nitrogen and oxygen atoms in total. The van der Waals surface area contributed by atoms with Crippen LogP contribution in [-0.4, -0.2) is 35.4 Å². The summed E-state index contributed by atoms with van der Waals surface area (Å²) in [5.41, 5.74) is -0.542. The molecule has 9 heteroatoms. The Balaban J connectivity index is 1.90. The monoisotopic (exact) mass is 473 g/mol. The Labute approximate surface area is 185 Å². The third-order valence-electron chi connectivity index (χ3n) is 4.48. The van der Waals surface area contributed by atoms with Crippen molar-refractivity contribution < 1.29 is 22.8 Å². The number of rotatable bonds is 5. The van der Waals surface area contributed by atoms with Crippen LogP contribution in [0, 0.1) is 6.92 Å². The van der Waals surface area contributed by atoms with Crippen molar-refractivity contribution in [2.75, 3.05) is 11.5 Å². The first kappa shape index (κ1) is 22.7. The Kier molecular flexibility index (Phi) is 6.84. The van der Waals surface area contributed by atoms with Gasteiger partial charge in [-0.1, -0.05) is 29.3 Å². The molecule has 1 saturated heterocycles. The molecule has 1 heterocycles. The lowest BCUT2D eigenvalue weighted by atomic mass is 9.98. The Hall–Kier alpha value is -1.96. The standard InChI is InChI=1S/C21H16Cl2F3NO2S/c1-11-4-12(2-3-17(11)20(29)27-16-9-30-10-16)19(28)8-18(21(24,25)26)13-5-14(22)7-15(23)6-13/h2-8,16H,9-10H2,1H3,(H,27,29)/b18-8-. The highest BCUT2D eigenvalue weighted by Crippen LogP contribution is 2.36. The molecule has 1 amide bonds. The molecule has 0 spiro atoms. The fourth-order valence-corrected chi connectivity index (χ4v) is 4.07. The number of thioether (sulfide) groups is 1. The number of aryl methyl sites for hydroxylation is 1. The molecule has 3 rings (SSSR count). The minimum Gasteiger partial charge on any atom is -0.348 e. The number of amides is 1. The van der Waals surface area contributed by atoms with E-state index in [9.17, 15) is 22.8 Å². The van der Waals surface area contributed by atoms with E-state index >= 15 is 0 Å². The Morgan fingerprint density at radius 1 is 1.07 bits per heavy atom. The second-order valence-corrected chi connectivity index (χ2v) is 8.76. The molecule has 0 aromatic heterocycles. The summed E-state index contributed by atoms with van der Waals surface area (Å²) in [4.78, 5) is 24.9. The van der Waals surface area contributed by atoms with E-state index in [2.05, 4.69) is 5.32 Å². The highest BCUT2D eigenvalue weighted by molar-refractivity contribution is 8.00. The molecule has 1 aliphatic rings. The molecule has 0 aliphatic carbocycles. The zero-order valence-electron chi connectivity index (χ0n) is 15.6. The van der Waals surface area contributed by atoms with Gasteiger partial charge in [-0.2, -0.15) is 24.9 Å². The van der Waals surface area contributed by atoms with Gasteiger partial charge >= 0.3 is 6.18 Å². The second-order valence-electron chi connectivity index (χ2n) is 6.82. The van der Waals surface area contributed by atoms with E-state index in [0.29, 0.717) is 17.2 Å². The van der Waals surface area contributed by atoms with Gasteiger partial charge in [0.2, 0.25) is 0 Å². The minimum absolute atomic E-state index is 0.0242. The number of carbonyl (C=O) groups excluding carboxylic acids is 2. The van der Waals surface area contributed by atoms with Crippen LogP contribution in [0.15, 0.2) is 42.5 Å². The van der Waals surface area contributed by atoms with Crippen LogP contribution in [-0.2, 0) is 0 Å². The van der Waals surface area contributed by atoms with Crippen LogP contribution in [0.5, 0.6) is 0 Å². The quantitative estimate of drug-likeness (QED) is 0.429. The first-order valence-corrected chi connectivity index (χ1v) is 10.7. The Morgan fingerprint density at radius 2 is 1.70 bits per heavy atom. The van der Waals surface area contributed by atoms with E-state index in [-0.39, 0.29) is 33.1 Å². The zero-order chi connectivity index (χ0) is 22.1. The minimum atomic E-state index is -4.79. The SMILES string of the molecule is Cc1cc(C(=O)/C=C(/c2cc(Cl)cc(Cl)c2)C(F)(F)F)ccc1C(=O)NC1CSC1. The van der Waals surface area contributed by atoms with Gasteiger partial charge in [-0.25, -0.2) is 0 Å². The normalized spacial score (nSPS) is 14.9. The van der Waals surface area contributed by atoms with Gasteiger partial charge in [0.05, 0.1) is 5.57 Å². The van der Waals surface area contributed by atoms with Gasteiger partial charge in [-0.3, -0.25) is 9.59 Å². The maximum absolute atomic E-state index is 13.6. The van der Waals surface area contributed by atoms with Gasteiger partial charge in [0.1, 0.15) is 0 Å². The molecule has 0 radical (unpaired) electrons. The first-order chi connectivity index (χ1) is 14.0. The predicted octanol–water partition coefficient (Wildman–Crippen LogP) is 5.98. The molecular weight excluding hydrogens is 458 g/mol. The van der Waals surface area contributed by atoms with E-state index < -0.39 is 17.5 Å². The largest absolute Gasteiger partial charge is 0.417 e. The molecule has 158 valence electrons. The van der Waals surface area contributed by atoms with Gasteiger partial charge in [0, 0.05) is 38.7 Å². The summed E-state index contributed by atoms with van der Waals surface area (Å²) in [7, 11) is 0. The maximum Gasteiger partial charge on any atom is 0.417 e. The average molecular weight is 474 g/mol. The maximum atomic E-state index is 13.6. The molecule has 0 saturated carbocycles. The van der Waals surface area contributed by atoms with Crippen LogP contribution in [0.25, 0.3) is 5.57 Å². The van der Waals surface area contributed by atoms with Crippen LogP contribution in [0.4, 0.5) is 13.2 Å². The van der Waals surface area contributed by atoms with Crippen LogP contribution in [0.3, 0.4) is 0 Å². The molecule has 2 aromatic rings. The number of hydrogen-bond acceptors (Lipinski definition) is 3. The summed E-state index contributed by atoms with van der Waals surface area (Å²) in [6.07, 6.45) is -4.28. The van der Waals surface area contributed by atoms with Crippen molar-refractivity contribution in [2.45, 2.75) is 19.1 Å². The molecule has 2 aromatic carbocycles. The topological polar surface area (TPSA) is 46.2 Å². The molecule has 1 N–H and O–H groups in total. The number of carbonyl (C=O) groups is 2. The molecule has 0 unspecified atom stereocenters. The van der Waals surface area contributed by atoms with E-state index in [0.717, 1.165) is 23.6 Å². The third kappa shape index (κ3) is 5.39. The van der Waals surface area contributed by atoms with Crippen molar-refractivity contribution in [3.8, 4) is 0 Å². The van der Waals surface area contributed by atoms with Gasteiger partial charge < -0.3 is 5.32 Å². The summed E-state index contributed by atoms with van der Waals surface area (Å²) >= 11 is 13.4. The van der Waals surface area contributed by atoms with Crippen LogP contribution < -0.4 is 5.32 Å². The Morgan fingerprint density at radius 3 is 2.20 bits per heavy atom. The van der Waals surface area contributed by atoms with Crippen molar-refractivity contribution in [1.82, 2.24) is 5.32 Å². The van der Waals surface area contributed by atoms with E-state index in [1.165, 1.54) is 24.3 Å². The second kappa shape index (κ2) is 9.04. The van der Waals surface area contributed by atoms with Crippen molar-refractivity contribution in [3.63, 3.8) is 0 Å². The fraction of sp³-hybridized carbons (Fsp3) is 0.238. The number of halogens is 5. The smallest absolute Gasteiger partial charge is 0.348 e. The molecule has 0 bridgehead atoms. The average Bonchev–Trinajstić information content (AvgIpc) is 2.60. The van der Waals surface area contributed by atoms with Crippen LogP contribution in [0.1, 0.15) is 31.8 Å². The number of hydrogen-bond donors (Lipinski definition) is 1. The first-order valence-electron chi connectivity index (χ1n) is 8.83. The zero-order valence-corrected chi connectivity index (χ0v) is 18.0. The van der Waals surface area contributed by atoms with Crippen molar-refractivity contribution in [3.05, 3.63) is 74.8 Å². The summed E-state index contributed by atoms with van der Waals surface area (Å²) < 4.78 is 40.8. The number of benzene rings is 2. The van der Waals surface area contributed by atoms with Crippen molar-refractivity contribution in [1.29, 1.82) is 0 Å². The fourth-order valence-electron chi connectivity index (χ4n) is 2.91. The molecule has 1 aliphatic heterocycles. The lowest BCUT2D eigenvalue weighted by molar-refractivity contribution is -0.0689. The van der Waals surface area contributed by atoms with Gasteiger partial charge in [-0.05, 0) is 54.5 Å². The van der Waals surface area contributed by atoms with Gasteiger partial charge in [0.25, 0.3) is 5.91 Å². The van der Waals surface area contributed by atoms with Crippen molar-refractivity contribution >= 4 is 52.2 Å². The van der Waals surface area contributed by atoms with E-state index in [1.54, 1.807) is 18.7 Å². The van der Waals surface area contributed by atoms with Crippen molar-refractivity contribution in [2.24, 2.45) is 0 Å². The van der Waals surface area contributed by atoms with Crippen LogP contribution >= 0.6 is 35.0 Å². The third-order valence-corrected chi connectivity index (χ3v) is 6.20. The lowest BCUT2D eigenvalue weighted by Crippen LogP contribution is -2.44. The molecule has 1 fully saturated rings. The predicted molar refractivity (Wildman–Crippen MR) is 115 cm³/mol. The Bertz CT molecular complexity index is 1010. The highest BCUT2D eigenvalue weighted by atomic mass is 35.5. The van der Waals surface area contributed by atoms with Gasteiger partial charge in [-0.15, -0.1) is 0 Å².